The summed E-state index contributed by atoms with van der Waals surface area (Å²) in [5.74, 6) is 1.56. The van der Waals surface area contributed by atoms with Gasteiger partial charge in [-0.15, -0.1) is 0 Å². The molecule has 0 bridgehead atoms. The Bertz CT molecular complexity index is 960. The van der Waals surface area contributed by atoms with E-state index in [1.807, 2.05) is 0 Å². The van der Waals surface area contributed by atoms with Crippen LogP contribution in [0.3, 0.4) is 0 Å². The lowest BCUT2D eigenvalue weighted by Crippen LogP contribution is -2.57. The predicted octanol–water partition coefficient (Wildman–Crippen LogP) is 5.78. The number of halogens is 3. The number of alkyl halides is 3. The molecule has 214 valence electrons. The van der Waals surface area contributed by atoms with Crippen molar-refractivity contribution >= 4 is 16.1 Å². The van der Waals surface area contributed by atoms with E-state index >= 15 is 0 Å². The van der Waals surface area contributed by atoms with Crippen molar-refractivity contribution in [1.82, 2.24) is 0 Å². The Morgan fingerprint density at radius 1 is 1.08 bits per heavy atom. The molecular weight excluding hydrogens is 509 g/mol. The Morgan fingerprint density at radius 3 is 2.43 bits per heavy atom. The van der Waals surface area contributed by atoms with Crippen LogP contribution in [0, 0.1) is 46.3 Å². The van der Waals surface area contributed by atoms with Crippen LogP contribution in [0.2, 0.25) is 0 Å². The van der Waals surface area contributed by atoms with Gasteiger partial charge in [-0.1, -0.05) is 33.6 Å². The molecule has 37 heavy (non-hydrogen) atoms. The highest BCUT2D eigenvalue weighted by Gasteiger charge is 2.62. The van der Waals surface area contributed by atoms with Crippen molar-refractivity contribution in [3.8, 4) is 0 Å². The van der Waals surface area contributed by atoms with Gasteiger partial charge in [-0.05, 0) is 97.7 Å². The van der Waals surface area contributed by atoms with Gasteiger partial charge in [0.1, 0.15) is 6.61 Å². The Morgan fingerprint density at radius 2 is 1.76 bits per heavy atom. The van der Waals surface area contributed by atoms with E-state index in [9.17, 15) is 31.5 Å². The molecular formula is C27H43F3O6S. The third-order valence-electron chi connectivity index (χ3n) is 11.3. The summed E-state index contributed by atoms with van der Waals surface area (Å²) in [6, 6.07) is 0. The zero-order valence-corrected chi connectivity index (χ0v) is 23.0. The first kappa shape index (κ1) is 29.1. The summed E-state index contributed by atoms with van der Waals surface area (Å²) in [7, 11) is -5.95. The minimum Gasteiger partial charge on any atom is -0.462 e. The fraction of sp³-hybridized carbons (Fsp3) is 0.963. The Hall–Kier alpha value is -0.870. The van der Waals surface area contributed by atoms with Gasteiger partial charge in [0.05, 0.1) is 6.10 Å². The molecule has 6 nitrogen and oxygen atoms in total. The largest absolute Gasteiger partial charge is 0.462 e. The predicted molar refractivity (Wildman–Crippen MR) is 132 cm³/mol. The van der Waals surface area contributed by atoms with Gasteiger partial charge in [-0.2, -0.15) is 17.2 Å². The van der Waals surface area contributed by atoms with Crippen molar-refractivity contribution in [2.75, 3.05) is 6.61 Å². The van der Waals surface area contributed by atoms with Crippen LogP contribution in [0.5, 0.6) is 0 Å². The molecule has 4 fully saturated rings. The third-order valence-corrected chi connectivity index (χ3v) is 12.2. The van der Waals surface area contributed by atoms with E-state index in [0.717, 1.165) is 32.1 Å². The van der Waals surface area contributed by atoms with Crippen LogP contribution in [0.4, 0.5) is 13.2 Å². The van der Waals surface area contributed by atoms with Crippen molar-refractivity contribution in [2.45, 2.75) is 109 Å². The van der Waals surface area contributed by atoms with Gasteiger partial charge in [0.25, 0.3) is 0 Å². The fourth-order valence-electron chi connectivity index (χ4n) is 9.27. The lowest BCUT2D eigenvalue weighted by Gasteiger charge is -2.62. The second kappa shape index (κ2) is 10.3. The molecule has 4 aliphatic carbocycles. The molecule has 4 aliphatic rings. The maximum Gasteiger partial charge on any atom is 0.403 e. The molecule has 2 N–H and O–H groups in total. The minimum atomic E-state index is -5.95. The Balaban J connectivity index is 1.35. The number of carbonyl (C=O) groups excluding carboxylic acids is 1. The molecule has 0 saturated heterocycles. The summed E-state index contributed by atoms with van der Waals surface area (Å²) in [5.41, 5.74) is 0.377. The van der Waals surface area contributed by atoms with E-state index < -0.39 is 34.1 Å². The smallest absolute Gasteiger partial charge is 0.403 e. The zero-order valence-electron chi connectivity index (χ0n) is 22.2. The van der Waals surface area contributed by atoms with Gasteiger partial charge >= 0.3 is 21.3 Å². The van der Waals surface area contributed by atoms with E-state index in [1.165, 1.54) is 25.7 Å². The molecule has 0 aromatic carbocycles. The summed E-state index contributed by atoms with van der Waals surface area (Å²) >= 11 is 0. The highest BCUT2D eigenvalue weighted by Crippen LogP contribution is 2.68. The first-order valence-electron chi connectivity index (χ1n) is 14.0. The second-order valence-corrected chi connectivity index (χ2v) is 14.5. The van der Waals surface area contributed by atoms with Crippen LogP contribution >= 0.6 is 0 Å². The number of esters is 1. The number of carbonyl (C=O) groups is 1. The molecule has 10 heteroatoms. The highest BCUT2D eigenvalue weighted by molar-refractivity contribution is 7.86. The average Bonchev–Trinajstić information content (AvgIpc) is 3.17. The molecule has 4 saturated carbocycles. The molecule has 0 heterocycles. The van der Waals surface area contributed by atoms with Gasteiger partial charge in [0.2, 0.25) is 6.17 Å². The van der Waals surface area contributed by atoms with Gasteiger partial charge in [-0.3, -0.25) is 9.35 Å². The van der Waals surface area contributed by atoms with Gasteiger partial charge < -0.3 is 9.84 Å². The highest BCUT2D eigenvalue weighted by atomic mass is 32.2. The van der Waals surface area contributed by atoms with Crippen LogP contribution in [0.1, 0.15) is 91.4 Å². The maximum atomic E-state index is 13.6. The molecule has 0 spiro atoms. The van der Waals surface area contributed by atoms with Crippen molar-refractivity contribution < 1.29 is 40.8 Å². The second-order valence-electron chi connectivity index (χ2n) is 13.0. The summed E-state index contributed by atoms with van der Waals surface area (Å²) in [5, 5.41) is 6.30. The number of ether oxygens (including phenoxy) is 1. The van der Waals surface area contributed by atoms with E-state index in [0.29, 0.717) is 41.4 Å². The number of hydrogen-bond acceptors (Lipinski definition) is 5. The normalized spacial score (nSPS) is 41.7. The van der Waals surface area contributed by atoms with Gasteiger partial charge in [-0.25, -0.2) is 4.39 Å². The van der Waals surface area contributed by atoms with Crippen LogP contribution in [-0.4, -0.2) is 48.2 Å². The zero-order chi connectivity index (χ0) is 27.4. The van der Waals surface area contributed by atoms with E-state index in [2.05, 4.69) is 25.5 Å². The van der Waals surface area contributed by atoms with Gasteiger partial charge in [0, 0.05) is 6.42 Å². The van der Waals surface area contributed by atoms with E-state index in [1.54, 1.807) is 0 Å². The van der Waals surface area contributed by atoms with Crippen molar-refractivity contribution in [2.24, 2.45) is 46.3 Å². The van der Waals surface area contributed by atoms with Crippen LogP contribution in [-0.2, 0) is 19.6 Å². The molecule has 0 aromatic heterocycles. The molecule has 0 amide bonds. The standard InChI is InChI=1S/C27H43F3O6S/c1-16(7-10-23(32)36-15-22(28)27(29,30)37(33,34)35)18-8-9-19-24-20(11-13-26(18,19)3)25(2)12-5-4-6-17(25)14-21(24)31/h16-22,24,31H,4-15H2,1-3H3,(H,33,34,35)/t16-,17+,18-,19+,20+,21-,22?,24+,25+,26-/m1/s1. The van der Waals surface area contributed by atoms with E-state index in [4.69, 9.17) is 4.55 Å². The lowest BCUT2D eigenvalue weighted by molar-refractivity contribution is -0.164. The lowest BCUT2D eigenvalue weighted by atomic mass is 9.44. The fourth-order valence-corrected chi connectivity index (χ4v) is 9.67. The Kier molecular flexibility index (Phi) is 8.08. The maximum absolute atomic E-state index is 13.6. The van der Waals surface area contributed by atoms with Crippen LogP contribution in [0.15, 0.2) is 0 Å². The monoisotopic (exact) mass is 552 g/mol. The van der Waals surface area contributed by atoms with Gasteiger partial charge in [0.15, 0.2) is 0 Å². The Labute approximate surface area is 218 Å². The average molecular weight is 553 g/mol. The summed E-state index contributed by atoms with van der Waals surface area (Å²) in [4.78, 5) is 12.1. The van der Waals surface area contributed by atoms with E-state index in [-0.39, 0.29) is 23.9 Å². The molecule has 10 atom stereocenters. The molecule has 4 rings (SSSR count). The number of rotatable bonds is 8. The minimum absolute atomic E-state index is 0.0604. The number of fused-ring (bicyclic) bond motifs is 5. The third kappa shape index (κ3) is 5.08. The summed E-state index contributed by atoms with van der Waals surface area (Å²) in [6.07, 6.45) is 6.98. The SMILES string of the molecule is C[C@H](CCC(=O)OCC(F)C(F)(F)S(=O)(=O)O)[C@H]1CC[C@H]2[C@@H]3[C@H](O)C[C@@H]4CCCC[C@]4(C)[C@H]3CC[C@]12C. The van der Waals surface area contributed by atoms with Crippen molar-refractivity contribution in [1.29, 1.82) is 0 Å². The molecule has 0 aliphatic heterocycles. The first-order valence-corrected chi connectivity index (χ1v) is 15.4. The van der Waals surface area contributed by atoms with Crippen LogP contribution in [0.25, 0.3) is 0 Å². The summed E-state index contributed by atoms with van der Waals surface area (Å²) < 4.78 is 74.7. The van der Waals surface area contributed by atoms with Crippen molar-refractivity contribution in [3.63, 3.8) is 0 Å². The number of aliphatic hydroxyl groups is 1. The van der Waals surface area contributed by atoms with Crippen LogP contribution < -0.4 is 0 Å². The quantitative estimate of drug-likeness (QED) is 0.292. The molecule has 0 radical (unpaired) electrons. The number of aliphatic hydroxyl groups excluding tert-OH is 1. The molecule has 0 aromatic rings. The first-order chi connectivity index (χ1) is 17.1. The summed E-state index contributed by atoms with van der Waals surface area (Å²) in [6.45, 7) is 5.45. The molecule has 1 unspecified atom stereocenters. The van der Waals surface area contributed by atoms with Crippen molar-refractivity contribution in [3.05, 3.63) is 0 Å². The topological polar surface area (TPSA) is 101 Å². The number of hydrogen-bond donors (Lipinski definition) is 2.